The van der Waals surface area contributed by atoms with Gasteiger partial charge in [0, 0.05) is 6.42 Å². The molecule has 3 N–H and O–H groups in total. The zero-order valence-corrected chi connectivity index (χ0v) is 14.8. The number of amides is 2. The predicted molar refractivity (Wildman–Crippen MR) is 97.4 cm³/mol. The summed E-state index contributed by atoms with van der Waals surface area (Å²) in [7, 11) is 0. The van der Waals surface area contributed by atoms with Crippen LogP contribution in [0.3, 0.4) is 0 Å². The molecule has 0 saturated carbocycles. The highest BCUT2D eigenvalue weighted by Gasteiger charge is 2.21. The van der Waals surface area contributed by atoms with Crippen molar-refractivity contribution in [3.8, 4) is 11.5 Å². The van der Waals surface area contributed by atoms with Gasteiger partial charge in [-0.15, -0.1) is 0 Å². The number of nitrogens with one attached hydrogen (secondary N) is 1. The van der Waals surface area contributed by atoms with Gasteiger partial charge in [0.15, 0.2) is 11.5 Å². The Labute approximate surface area is 156 Å². The van der Waals surface area contributed by atoms with Gasteiger partial charge in [-0.05, 0) is 23.3 Å². The quantitative estimate of drug-likeness (QED) is 0.807. The van der Waals surface area contributed by atoms with Crippen molar-refractivity contribution in [1.29, 1.82) is 0 Å². The molecule has 0 aliphatic carbocycles. The topological polar surface area (TPSA) is 90.7 Å². The average Bonchev–Trinajstić information content (AvgIpc) is 2.62. The summed E-state index contributed by atoms with van der Waals surface area (Å²) in [4.78, 5) is 24.1. The van der Waals surface area contributed by atoms with Gasteiger partial charge < -0.3 is 20.5 Å². The number of primary amides is 1. The van der Waals surface area contributed by atoms with Crippen molar-refractivity contribution in [3.63, 3.8) is 0 Å². The van der Waals surface area contributed by atoms with Gasteiger partial charge in [-0.2, -0.15) is 0 Å². The van der Waals surface area contributed by atoms with E-state index in [1.54, 1.807) is 12.1 Å². The van der Waals surface area contributed by atoms with Gasteiger partial charge in [0.2, 0.25) is 11.8 Å². The molecule has 136 valence electrons. The van der Waals surface area contributed by atoms with E-state index in [0.29, 0.717) is 41.7 Å². The zero-order chi connectivity index (χ0) is 18.5. The van der Waals surface area contributed by atoms with E-state index in [2.05, 4.69) is 5.32 Å². The molecule has 1 aliphatic rings. The molecule has 0 aromatic heterocycles. The Bertz CT molecular complexity index is 811. The molecule has 1 unspecified atom stereocenters. The van der Waals surface area contributed by atoms with Crippen LogP contribution < -0.4 is 20.5 Å². The first kappa shape index (κ1) is 18.1. The molecule has 7 heteroatoms. The lowest BCUT2D eigenvalue weighted by molar-refractivity contribution is -0.127. The first-order valence-electron chi connectivity index (χ1n) is 8.23. The van der Waals surface area contributed by atoms with Gasteiger partial charge in [0.25, 0.3) is 0 Å². The Kier molecular flexibility index (Phi) is 5.63. The first-order valence-corrected chi connectivity index (χ1v) is 8.61. The zero-order valence-electron chi connectivity index (χ0n) is 14.0. The van der Waals surface area contributed by atoms with E-state index >= 15 is 0 Å². The van der Waals surface area contributed by atoms with Crippen LogP contribution in [0.15, 0.2) is 42.5 Å². The maximum Gasteiger partial charge on any atom is 0.240 e. The van der Waals surface area contributed by atoms with Crippen LogP contribution in [0.4, 0.5) is 0 Å². The lowest BCUT2D eigenvalue weighted by Crippen LogP contribution is -2.46. The number of ether oxygens (including phenoxy) is 2. The summed E-state index contributed by atoms with van der Waals surface area (Å²) in [5.74, 6) is 0.100. The number of carbonyl (C=O) groups excluding carboxylic acids is 2. The molecule has 0 spiro atoms. The Hall–Kier alpha value is -2.73. The van der Waals surface area contributed by atoms with Crippen molar-refractivity contribution in [1.82, 2.24) is 5.32 Å². The Balaban J connectivity index is 1.67. The molecule has 2 amide bonds. The van der Waals surface area contributed by atoms with Crippen molar-refractivity contribution in [3.05, 3.63) is 58.6 Å². The van der Waals surface area contributed by atoms with Crippen LogP contribution in [0.5, 0.6) is 11.5 Å². The van der Waals surface area contributed by atoms with Crippen LogP contribution in [-0.4, -0.2) is 31.1 Å². The summed E-state index contributed by atoms with van der Waals surface area (Å²) in [5.41, 5.74) is 7.01. The van der Waals surface area contributed by atoms with E-state index in [9.17, 15) is 9.59 Å². The number of hydrogen-bond acceptors (Lipinski definition) is 4. The molecule has 0 bridgehead atoms. The van der Waals surface area contributed by atoms with Gasteiger partial charge in [0.05, 0.1) is 11.4 Å². The fourth-order valence-corrected chi connectivity index (χ4v) is 3.06. The van der Waals surface area contributed by atoms with Crippen LogP contribution in [-0.2, 0) is 22.4 Å². The molecule has 0 fully saturated rings. The number of carbonyl (C=O) groups is 2. The smallest absolute Gasteiger partial charge is 0.240 e. The van der Waals surface area contributed by atoms with Crippen LogP contribution in [0.1, 0.15) is 11.1 Å². The minimum Gasteiger partial charge on any atom is -0.486 e. The van der Waals surface area contributed by atoms with Crippen molar-refractivity contribution >= 4 is 23.4 Å². The average molecular weight is 375 g/mol. The highest BCUT2D eigenvalue weighted by atomic mass is 35.5. The third kappa shape index (κ3) is 4.46. The molecular weight excluding hydrogens is 356 g/mol. The van der Waals surface area contributed by atoms with E-state index in [-0.39, 0.29) is 12.3 Å². The van der Waals surface area contributed by atoms with Crippen molar-refractivity contribution in [2.45, 2.75) is 18.9 Å². The second-order valence-corrected chi connectivity index (χ2v) is 6.40. The standard InChI is InChI=1S/C19H19ClN2O4/c20-14-8-13(10-16-18(14)26-7-6-25-16)11-17(23)22-15(19(21)24)9-12-4-2-1-3-5-12/h1-5,8,10,15H,6-7,9,11H2,(H2,21,24)(H,22,23). The molecule has 1 heterocycles. The predicted octanol–water partition coefficient (Wildman–Crippen LogP) is 1.87. The molecule has 26 heavy (non-hydrogen) atoms. The SMILES string of the molecule is NC(=O)C(Cc1ccccc1)NC(=O)Cc1cc(Cl)c2c(c1)OCCO2. The van der Waals surface area contributed by atoms with Crippen molar-refractivity contribution < 1.29 is 19.1 Å². The van der Waals surface area contributed by atoms with E-state index in [0.717, 1.165) is 5.56 Å². The van der Waals surface area contributed by atoms with Crippen LogP contribution >= 0.6 is 11.6 Å². The number of nitrogens with two attached hydrogens (primary N) is 1. The minimum absolute atomic E-state index is 0.0505. The molecule has 2 aromatic carbocycles. The van der Waals surface area contributed by atoms with Crippen molar-refractivity contribution in [2.24, 2.45) is 5.73 Å². The van der Waals surface area contributed by atoms with Gasteiger partial charge in [-0.3, -0.25) is 9.59 Å². The Morgan fingerprint density at radius 3 is 2.58 bits per heavy atom. The summed E-state index contributed by atoms with van der Waals surface area (Å²) in [5, 5.41) is 3.07. The Morgan fingerprint density at radius 1 is 1.12 bits per heavy atom. The summed E-state index contributed by atoms with van der Waals surface area (Å²) in [6.07, 6.45) is 0.388. The fraction of sp³-hybridized carbons (Fsp3) is 0.263. The third-order valence-electron chi connectivity index (χ3n) is 3.98. The summed E-state index contributed by atoms with van der Waals surface area (Å²) in [6.45, 7) is 0.867. The summed E-state index contributed by atoms with van der Waals surface area (Å²) >= 11 is 6.18. The van der Waals surface area contributed by atoms with Gasteiger partial charge in [-0.1, -0.05) is 41.9 Å². The highest BCUT2D eigenvalue weighted by molar-refractivity contribution is 6.32. The second-order valence-electron chi connectivity index (χ2n) is 5.99. The third-order valence-corrected chi connectivity index (χ3v) is 4.26. The molecule has 3 rings (SSSR count). The van der Waals surface area contributed by atoms with Crippen LogP contribution in [0.2, 0.25) is 5.02 Å². The fourth-order valence-electron chi connectivity index (χ4n) is 2.77. The molecule has 2 aromatic rings. The minimum atomic E-state index is -0.780. The van der Waals surface area contributed by atoms with E-state index < -0.39 is 11.9 Å². The Morgan fingerprint density at radius 2 is 1.85 bits per heavy atom. The molecule has 1 aliphatic heterocycles. The van der Waals surface area contributed by atoms with E-state index in [1.807, 2.05) is 30.3 Å². The number of halogens is 1. The molecule has 6 nitrogen and oxygen atoms in total. The molecule has 0 saturated heterocycles. The molecule has 0 radical (unpaired) electrons. The monoisotopic (exact) mass is 374 g/mol. The van der Waals surface area contributed by atoms with E-state index in [1.165, 1.54) is 0 Å². The normalized spacial score (nSPS) is 13.7. The maximum absolute atomic E-state index is 12.4. The second kappa shape index (κ2) is 8.10. The van der Waals surface area contributed by atoms with Crippen LogP contribution in [0.25, 0.3) is 0 Å². The molecule has 1 atom stereocenters. The van der Waals surface area contributed by atoms with Gasteiger partial charge in [-0.25, -0.2) is 0 Å². The molecular formula is C19H19ClN2O4. The van der Waals surface area contributed by atoms with E-state index in [4.69, 9.17) is 26.8 Å². The summed E-state index contributed by atoms with van der Waals surface area (Å²) in [6, 6.07) is 12.0. The number of fused-ring (bicyclic) bond motifs is 1. The van der Waals surface area contributed by atoms with Gasteiger partial charge >= 0.3 is 0 Å². The lowest BCUT2D eigenvalue weighted by Gasteiger charge is -2.20. The summed E-state index contributed by atoms with van der Waals surface area (Å²) < 4.78 is 11.0. The van der Waals surface area contributed by atoms with Crippen LogP contribution in [0, 0.1) is 0 Å². The van der Waals surface area contributed by atoms with Crippen molar-refractivity contribution in [2.75, 3.05) is 13.2 Å². The number of rotatable bonds is 6. The maximum atomic E-state index is 12.4. The lowest BCUT2D eigenvalue weighted by atomic mass is 10.0. The van der Waals surface area contributed by atoms with Gasteiger partial charge in [0.1, 0.15) is 19.3 Å². The number of benzene rings is 2. The largest absolute Gasteiger partial charge is 0.486 e. The highest BCUT2D eigenvalue weighted by Crippen LogP contribution is 2.38. The number of hydrogen-bond donors (Lipinski definition) is 2. The first-order chi connectivity index (χ1) is 12.5.